The Bertz CT molecular complexity index is 367. The highest BCUT2D eigenvalue weighted by Crippen LogP contribution is 2.23. The third-order valence-electron chi connectivity index (χ3n) is 1.73. The zero-order valence-electron chi connectivity index (χ0n) is 7.71. The van der Waals surface area contributed by atoms with Crippen molar-refractivity contribution in [3.8, 4) is 0 Å². The maximum absolute atomic E-state index is 11.6. The van der Waals surface area contributed by atoms with Crippen LogP contribution in [-0.2, 0) is 4.79 Å². The molecule has 0 aromatic heterocycles. The molecule has 0 aliphatic rings. The van der Waals surface area contributed by atoms with E-state index in [-0.39, 0.29) is 18.0 Å². The molecule has 1 aromatic carbocycles. The van der Waals surface area contributed by atoms with Crippen LogP contribution in [0.25, 0.3) is 0 Å². The number of hydrogen-bond acceptors (Lipinski definition) is 3. The summed E-state index contributed by atoms with van der Waals surface area (Å²) in [6.07, 6.45) is -0.104. The number of hydrogen-bond donors (Lipinski definition) is 1. The molecule has 4 heteroatoms. The Morgan fingerprint density at radius 1 is 1.43 bits per heavy atom. The first-order valence-corrected chi connectivity index (χ1v) is 4.88. The normalized spacial score (nSPS) is 9.86. The van der Waals surface area contributed by atoms with Crippen molar-refractivity contribution in [3.63, 3.8) is 0 Å². The Labute approximate surface area is 90.4 Å². The van der Waals surface area contributed by atoms with Crippen molar-refractivity contribution in [1.82, 2.24) is 0 Å². The number of nitrogens with two attached hydrogens (primary N) is 1. The van der Waals surface area contributed by atoms with Gasteiger partial charge in [-0.25, -0.2) is 0 Å². The number of halogens is 1. The maximum atomic E-state index is 11.6. The van der Waals surface area contributed by atoms with Crippen LogP contribution in [0.5, 0.6) is 0 Å². The average Bonchev–Trinajstić information content (AvgIpc) is 2.01. The molecule has 0 heterocycles. The van der Waals surface area contributed by atoms with Crippen molar-refractivity contribution in [2.75, 3.05) is 5.73 Å². The summed E-state index contributed by atoms with van der Waals surface area (Å²) in [5.41, 5.74) is 6.42. The largest absolute Gasteiger partial charge is 0.398 e. The Kier molecular flexibility index (Phi) is 3.41. The van der Waals surface area contributed by atoms with Gasteiger partial charge >= 0.3 is 0 Å². The fourth-order valence-corrected chi connectivity index (χ4v) is 1.75. The SMILES string of the molecule is CC(=O)CC(=O)c1c(N)cccc1Br. The van der Waals surface area contributed by atoms with Crippen molar-refractivity contribution in [2.24, 2.45) is 0 Å². The van der Waals surface area contributed by atoms with Crippen molar-refractivity contribution in [1.29, 1.82) is 0 Å². The molecular formula is C10H10BrNO2. The fourth-order valence-electron chi connectivity index (χ4n) is 1.15. The van der Waals surface area contributed by atoms with Crippen molar-refractivity contribution in [2.45, 2.75) is 13.3 Å². The Morgan fingerprint density at radius 3 is 2.57 bits per heavy atom. The molecule has 0 fully saturated rings. The minimum Gasteiger partial charge on any atom is -0.398 e. The van der Waals surface area contributed by atoms with Gasteiger partial charge in [-0.2, -0.15) is 0 Å². The molecule has 2 N–H and O–H groups in total. The summed E-state index contributed by atoms with van der Waals surface area (Å²) < 4.78 is 0.628. The number of anilines is 1. The lowest BCUT2D eigenvalue weighted by molar-refractivity contribution is -0.116. The van der Waals surface area contributed by atoms with Crippen LogP contribution >= 0.6 is 15.9 Å². The summed E-state index contributed by atoms with van der Waals surface area (Å²) in [6, 6.07) is 5.10. The molecule has 0 bridgehead atoms. The smallest absolute Gasteiger partial charge is 0.173 e. The topological polar surface area (TPSA) is 60.2 Å². The third-order valence-corrected chi connectivity index (χ3v) is 2.40. The van der Waals surface area contributed by atoms with E-state index >= 15 is 0 Å². The van der Waals surface area contributed by atoms with E-state index in [1.807, 2.05) is 0 Å². The van der Waals surface area contributed by atoms with Gasteiger partial charge in [0.05, 0.1) is 12.0 Å². The first-order chi connectivity index (χ1) is 6.52. The molecule has 0 radical (unpaired) electrons. The first kappa shape index (κ1) is 10.9. The molecular weight excluding hydrogens is 246 g/mol. The van der Waals surface area contributed by atoms with E-state index < -0.39 is 0 Å². The van der Waals surface area contributed by atoms with Gasteiger partial charge in [-0.05, 0) is 35.0 Å². The number of rotatable bonds is 3. The minimum absolute atomic E-state index is 0.104. The van der Waals surface area contributed by atoms with E-state index in [1.165, 1.54) is 6.92 Å². The van der Waals surface area contributed by atoms with Crippen LogP contribution in [-0.4, -0.2) is 11.6 Å². The number of nitrogen functional groups attached to an aromatic ring is 1. The maximum Gasteiger partial charge on any atom is 0.173 e. The molecule has 14 heavy (non-hydrogen) atoms. The second-order valence-corrected chi connectivity index (χ2v) is 3.86. The minimum atomic E-state index is -0.248. The van der Waals surface area contributed by atoms with Crippen molar-refractivity contribution in [3.05, 3.63) is 28.2 Å². The van der Waals surface area contributed by atoms with E-state index in [9.17, 15) is 9.59 Å². The lowest BCUT2D eigenvalue weighted by Gasteiger charge is -2.05. The third kappa shape index (κ3) is 2.42. The van der Waals surface area contributed by atoms with E-state index in [2.05, 4.69) is 15.9 Å². The van der Waals surface area contributed by atoms with Crippen molar-refractivity contribution >= 4 is 33.2 Å². The van der Waals surface area contributed by atoms with Gasteiger partial charge in [0.25, 0.3) is 0 Å². The Balaban J connectivity index is 3.06. The predicted molar refractivity (Wildman–Crippen MR) is 58.2 cm³/mol. The number of benzene rings is 1. The molecule has 3 nitrogen and oxygen atoms in total. The van der Waals surface area contributed by atoms with Gasteiger partial charge in [0, 0.05) is 10.2 Å². The van der Waals surface area contributed by atoms with Gasteiger partial charge in [0.2, 0.25) is 0 Å². The van der Waals surface area contributed by atoms with Crippen LogP contribution in [0.4, 0.5) is 5.69 Å². The molecule has 1 aromatic rings. The van der Waals surface area contributed by atoms with Gasteiger partial charge in [0.1, 0.15) is 5.78 Å². The van der Waals surface area contributed by atoms with Gasteiger partial charge in [0.15, 0.2) is 5.78 Å². The number of carbonyl (C=O) groups excluding carboxylic acids is 2. The highest BCUT2D eigenvalue weighted by molar-refractivity contribution is 9.10. The molecule has 0 spiro atoms. The average molecular weight is 256 g/mol. The Morgan fingerprint density at radius 2 is 2.07 bits per heavy atom. The van der Waals surface area contributed by atoms with E-state index in [0.717, 1.165) is 0 Å². The number of Topliss-reactive ketones (excluding diaryl/α,β-unsaturated/α-hetero) is 2. The highest BCUT2D eigenvalue weighted by atomic mass is 79.9. The molecule has 74 valence electrons. The quantitative estimate of drug-likeness (QED) is 0.512. The second-order valence-electron chi connectivity index (χ2n) is 3.01. The molecule has 0 saturated carbocycles. The highest BCUT2D eigenvalue weighted by Gasteiger charge is 2.14. The van der Waals surface area contributed by atoms with Gasteiger partial charge < -0.3 is 5.73 Å². The standard InChI is InChI=1S/C10H10BrNO2/c1-6(13)5-9(14)10-7(11)3-2-4-8(10)12/h2-4H,5,12H2,1H3. The lowest BCUT2D eigenvalue weighted by Crippen LogP contribution is -2.08. The van der Waals surface area contributed by atoms with Crippen LogP contribution < -0.4 is 5.73 Å². The molecule has 0 atom stereocenters. The first-order valence-electron chi connectivity index (χ1n) is 4.09. The summed E-state index contributed by atoms with van der Waals surface area (Å²) in [6.45, 7) is 1.38. The zero-order valence-corrected chi connectivity index (χ0v) is 9.30. The van der Waals surface area contributed by atoms with Gasteiger partial charge in [-0.1, -0.05) is 6.07 Å². The van der Waals surface area contributed by atoms with Crippen LogP contribution in [0.3, 0.4) is 0 Å². The number of carbonyl (C=O) groups is 2. The van der Waals surface area contributed by atoms with Crippen molar-refractivity contribution < 1.29 is 9.59 Å². The van der Waals surface area contributed by atoms with Crippen LogP contribution in [0.2, 0.25) is 0 Å². The monoisotopic (exact) mass is 255 g/mol. The van der Waals surface area contributed by atoms with Gasteiger partial charge in [-0.3, -0.25) is 9.59 Å². The van der Waals surface area contributed by atoms with Crippen LogP contribution in [0.15, 0.2) is 22.7 Å². The summed E-state index contributed by atoms with van der Waals surface area (Å²) in [7, 11) is 0. The fraction of sp³-hybridized carbons (Fsp3) is 0.200. The lowest BCUT2D eigenvalue weighted by atomic mass is 10.0. The number of ketones is 2. The van der Waals surface area contributed by atoms with Gasteiger partial charge in [-0.15, -0.1) is 0 Å². The zero-order chi connectivity index (χ0) is 10.7. The Hall–Kier alpha value is -1.16. The van der Waals surface area contributed by atoms with E-state index in [0.29, 0.717) is 15.7 Å². The van der Waals surface area contributed by atoms with E-state index in [1.54, 1.807) is 18.2 Å². The molecule has 0 amide bonds. The summed E-state index contributed by atoms with van der Waals surface area (Å²) >= 11 is 3.23. The summed E-state index contributed by atoms with van der Waals surface area (Å²) in [5.74, 6) is -0.410. The molecule has 0 aliphatic carbocycles. The second kappa shape index (κ2) is 4.37. The van der Waals surface area contributed by atoms with Crippen LogP contribution in [0, 0.1) is 0 Å². The summed E-state index contributed by atoms with van der Waals surface area (Å²) in [5, 5.41) is 0. The van der Waals surface area contributed by atoms with Crippen LogP contribution in [0.1, 0.15) is 23.7 Å². The van der Waals surface area contributed by atoms with E-state index in [4.69, 9.17) is 5.73 Å². The summed E-state index contributed by atoms with van der Waals surface area (Å²) in [4.78, 5) is 22.3. The molecule has 0 saturated heterocycles. The predicted octanol–water partition coefficient (Wildman–Crippen LogP) is 2.19. The molecule has 0 aliphatic heterocycles. The molecule has 0 unspecified atom stereocenters. The molecule has 1 rings (SSSR count).